The molecule has 1 N–H and O–H groups in total. The first-order valence-electron chi connectivity index (χ1n) is 8.61. The first-order valence-corrected chi connectivity index (χ1v) is 9.60. The smallest absolute Gasteiger partial charge is 0.230 e. The molecule has 25 heavy (non-hydrogen) atoms. The maximum atomic E-state index is 12.2. The number of carbonyl (C=O) groups excluding carboxylic acids is 1. The van der Waals surface area contributed by atoms with E-state index in [2.05, 4.69) is 20.8 Å². The Bertz CT molecular complexity index is 681. The number of nitrogens with one attached hydrogen (secondary N) is 1. The molecule has 0 unspecified atom stereocenters. The number of amides is 1. The van der Waals surface area contributed by atoms with Crippen molar-refractivity contribution >= 4 is 17.7 Å². The molecule has 8 heteroatoms. The second kappa shape index (κ2) is 8.84. The van der Waals surface area contributed by atoms with Crippen molar-refractivity contribution in [2.45, 2.75) is 49.7 Å². The molecule has 1 amide bonds. The van der Waals surface area contributed by atoms with E-state index in [9.17, 15) is 4.79 Å². The van der Waals surface area contributed by atoms with Crippen LogP contribution in [-0.2, 0) is 4.79 Å². The Morgan fingerprint density at radius 2 is 1.96 bits per heavy atom. The third-order valence-corrected chi connectivity index (χ3v) is 5.23. The van der Waals surface area contributed by atoms with E-state index in [0.717, 1.165) is 24.3 Å². The number of ether oxygens (including phenoxy) is 1. The minimum absolute atomic E-state index is 0.0428. The number of thioether (sulfide) groups is 1. The first-order chi connectivity index (χ1) is 12.3. The van der Waals surface area contributed by atoms with E-state index in [4.69, 9.17) is 4.74 Å². The second-order valence-corrected chi connectivity index (χ2v) is 7.06. The fourth-order valence-electron chi connectivity index (χ4n) is 2.98. The number of rotatable bonds is 6. The SMILES string of the molecule is COc1ccc(-n2nnnc2SCC(=O)NC2CCCCCC2)cc1. The lowest BCUT2D eigenvalue weighted by molar-refractivity contribution is -0.119. The van der Waals surface area contributed by atoms with Crippen molar-refractivity contribution in [3.05, 3.63) is 24.3 Å². The summed E-state index contributed by atoms with van der Waals surface area (Å²) in [4.78, 5) is 12.2. The average Bonchev–Trinajstić information content (AvgIpc) is 2.96. The van der Waals surface area contributed by atoms with Gasteiger partial charge in [-0.25, -0.2) is 0 Å². The molecule has 0 spiro atoms. The van der Waals surface area contributed by atoms with Crippen LogP contribution in [0.1, 0.15) is 38.5 Å². The molecule has 0 radical (unpaired) electrons. The van der Waals surface area contributed by atoms with Gasteiger partial charge < -0.3 is 10.1 Å². The monoisotopic (exact) mass is 361 g/mol. The maximum absolute atomic E-state index is 12.2. The van der Waals surface area contributed by atoms with Crippen LogP contribution in [-0.4, -0.2) is 45.0 Å². The third-order valence-electron chi connectivity index (χ3n) is 4.31. The Hall–Kier alpha value is -2.09. The molecule has 1 fully saturated rings. The molecule has 1 aromatic carbocycles. The summed E-state index contributed by atoms with van der Waals surface area (Å²) < 4.78 is 6.79. The Kier molecular flexibility index (Phi) is 6.27. The highest BCUT2D eigenvalue weighted by molar-refractivity contribution is 7.99. The van der Waals surface area contributed by atoms with Crippen molar-refractivity contribution in [1.82, 2.24) is 25.5 Å². The van der Waals surface area contributed by atoms with Gasteiger partial charge in [-0.05, 0) is 47.5 Å². The van der Waals surface area contributed by atoms with Crippen LogP contribution in [0.3, 0.4) is 0 Å². The maximum Gasteiger partial charge on any atom is 0.230 e. The first kappa shape index (κ1) is 17.7. The van der Waals surface area contributed by atoms with Crippen molar-refractivity contribution in [2.24, 2.45) is 0 Å². The van der Waals surface area contributed by atoms with Gasteiger partial charge in [0, 0.05) is 6.04 Å². The molecule has 2 aromatic rings. The number of nitrogens with zero attached hydrogens (tertiary/aromatic N) is 4. The predicted molar refractivity (Wildman–Crippen MR) is 96.1 cm³/mol. The summed E-state index contributed by atoms with van der Waals surface area (Å²) in [6, 6.07) is 7.78. The zero-order valence-electron chi connectivity index (χ0n) is 14.4. The second-order valence-electron chi connectivity index (χ2n) is 6.12. The van der Waals surface area contributed by atoms with Gasteiger partial charge in [-0.2, -0.15) is 4.68 Å². The molecule has 1 saturated carbocycles. The normalized spacial score (nSPS) is 15.6. The van der Waals surface area contributed by atoms with Gasteiger partial charge in [0.2, 0.25) is 11.1 Å². The van der Waals surface area contributed by atoms with Gasteiger partial charge in [-0.3, -0.25) is 4.79 Å². The van der Waals surface area contributed by atoms with Crippen molar-refractivity contribution in [3.8, 4) is 11.4 Å². The molecule has 1 aromatic heterocycles. The van der Waals surface area contributed by atoms with Crippen LogP contribution in [0.5, 0.6) is 5.75 Å². The summed E-state index contributed by atoms with van der Waals surface area (Å²) in [5.41, 5.74) is 0.831. The van der Waals surface area contributed by atoms with Gasteiger partial charge in [0.1, 0.15) is 5.75 Å². The number of aromatic nitrogens is 4. The fraction of sp³-hybridized carbons (Fsp3) is 0.529. The molecule has 1 heterocycles. The van der Waals surface area contributed by atoms with Gasteiger partial charge in [-0.1, -0.05) is 37.4 Å². The Morgan fingerprint density at radius 1 is 1.24 bits per heavy atom. The molecule has 0 atom stereocenters. The largest absolute Gasteiger partial charge is 0.497 e. The van der Waals surface area contributed by atoms with Crippen LogP contribution in [0.4, 0.5) is 0 Å². The van der Waals surface area contributed by atoms with Crippen molar-refractivity contribution in [1.29, 1.82) is 0 Å². The van der Waals surface area contributed by atoms with Crippen LogP contribution >= 0.6 is 11.8 Å². The lowest BCUT2D eigenvalue weighted by Crippen LogP contribution is -2.35. The number of methoxy groups -OCH3 is 1. The molecule has 7 nitrogen and oxygen atoms in total. The Morgan fingerprint density at radius 3 is 2.64 bits per heavy atom. The summed E-state index contributed by atoms with van der Waals surface area (Å²) in [5.74, 6) is 1.13. The van der Waals surface area contributed by atoms with E-state index < -0.39 is 0 Å². The summed E-state index contributed by atoms with van der Waals surface area (Å²) in [6.07, 6.45) is 7.12. The summed E-state index contributed by atoms with van der Waals surface area (Å²) in [7, 11) is 1.63. The summed E-state index contributed by atoms with van der Waals surface area (Å²) in [6.45, 7) is 0. The van der Waals surface area contributed by atoms with E-state index in [1.165, 1.54) is 37.4 Å². The molecule has 0 saturated heterocycles. The van der Waals surface area contributed by atoms with E-state index in [0.29, 0.717) is 17.0 Å². The standard InChI is InChI=1S/C17H23N5O2S/c1-24-15-10-8-14(9-11-15)22-17(19-20-21-22)25-12-16(23)18-13-6-4-2-3-5-7-13/h8-11,13H,2-7,12H2,1H3,(H,18,23). The zero-order valence-corrected chi connectivity index (χ0v) is 15.2. The van der Waals surface area contributed by atoms with Gasteiger partial charge >= 0.3 is 0 Å². The topological polar surface area (TPSA) is 81.9 Å². The number of hydrogen-bond acceptors (Lipinski definition) is 6. The van der Waals surface area contributed by atoms with Gasteiger partial charge in [0.05, 0.1) is 18.6 Å². The Balaban J connectivity index is 1.56. The third kappa shape index (κ3) is 4.94. The van der Waals surface area contributed by atoms with Crippen molar-refractivity contribution in [3.63, 3.8) is 0 Å². The highest BCUT2D eigenvalue weighted by Crippen LogP contribution is 2.21. The van der Waals surface area contributed by atoms with Gasteiger partial charge in [0.15, 0.2) is 0 Å². The predicted octanol–water partition coefficient (Wildman–Crippen LogP) is 2.60. The zero-order chi connectivity index (χ0) is 17.5. The summed E-state index contributed by atoms with van der Waals surface area (Å²) in [5, 5.41) is 15.5. The van der Waals surface area contributed by atoms with Crippen LogP contribution in [0.15, 0.2) is 29.4 Å². The van der Waals surface area contributed by atoms with Crippen LogP contribution < -0.4 is 10.1 Å². The van der Waals surface area contributed by atoms with Crippen molar-refractivity contribution in [2.75, 3.05) is 12.9 Å². The number of carbonyl (C=O) groups is 1. The molecule has 1 aliphatic carbocycles. The molecule has 134 valence electrons. The number of tetrazole rings is 1. The average molecular weight is 361 g/mol. The Labute approximate surface area is 151 Å². The highest BCUT2D eigenvalue weighted by Gasteiger charge is 2.16. The van der Waals surface area contributed by atoms with Crippen LogP contribution in [0.25, 0.3) is 5.69 Å². The lowest BCUT2D eigenvalue weighted by atomic mass is 10.1. The summed E-state index contributed by atoms with van der Waals surface area (Å²) >= 11 is 1.34. The fourth-order valence-corrected chi connectivity index (χ4v) is 3.68. The number of benzene rings is 1. The van der Waals surface area contributed by atoms with E-state index >= 15 is 0 Å². The van der Waals surface area contributed by atoms with Crippen LogP contribution in [0, 0.1) is 0 Å². The highest BCUT2D eigenvalue weighted by atomic mass is 32.2. The van der Waals surface area contributed by atoms with E-state index in [-0.39, 0.29) is 5.91 Å². The minimum Gasteiger partial charge on any atom is -0.497 e. The molecule has 3 rings (SSSR count). The molecular formula is C17H23N5O2S. The quantitative estimate of drug-likeness (QED) is 0.629. The minimum atomic E-state index is 0.0428. The van der Waals surface area contributed by atoms with Gasteiger partial charge in [-0.15, -0.1) is 5.10 Å². The van der Waals surface area contributed by atoms with Crippen LogP contribution in [0.2, 0.25) is 0 Å². The molecule has 0 aliphatic heterocycles. The number of hydrogen-bond donors (Lipinski definition) is 1. The molecule has 0 bridgehead atoms. The molecule has 1 aliphatic rings. The van der Waals surface area contributed by atoms with E-state index in [1.807, 2.05) is 24.3 Å². The van der Waals surface area contributed by atoms with Crippen molar-refractivity contribution < 1.29 is 9.53 Å². The van der Waals surface area contributed by atoms with Gasteiger partial charge in [0.25, 0.3) is 0 Å². The lowest BCUT2D eigenvalue weighted by Gasteiger charge is -2.15. The van der Waals surface area contributed by atoms with E-state index in [1.54, 1.807) is 11.8 Å². The molecular weight excluding hydrogens is 338 g/mol.